The Labute approximate surface area is 96.4 Å². The van der Waals surface area contributed by atoms with Crippen molar-refractivity contribution in [2.24, 2.45) is 0 Å². The van der Waals surface area contributed by atoms with Crippen LogP contribution in [0.1, 0.15) is 11.8 Å². The number of likely N-dealkylation sites (N-methyl/N-ethyl adjacent to an activating group) is 1. The van der Waals surface area contributed by atoms with Crippen molar-refractivity contribution in [1.29, 1.82) is 0 Å². The number of alkyl halides is 3. The zero-order valence-electron chi connectivity index (χ0n) is 9.41. The summed E-state index contributed by atoms with van der Waals surface area (Å²) in [6.07, 6.45) is -3.43. The third-order valence-corrected chi connectivity index (χ3v) is 2.21. The lowest BCUT2D eigenvalue weighted by Gasteiger charge is -2.22. The van der Waals surface area contributed by atoms with Gasteiger partial charge < -0.3 is 9.73 Å². The van der Waals surface area contributed by atoms with Gasteiger partial charge in [0.1, 0.15) is 5.76 Å². The van der Waals surface area contributed by atoms with Gasteiger partial charge in [0.05, 0.1) is 12.3 Å². The summed E-state index contributed by atoms with van der Waals surface area (Å²) >= 11 is 0. The van der Waals surface area contributed by atoms with Gasteiger partial charge in [-0.25, -0.2) is 0 Å². The third-order valence-electron chi connectivity index (χ3n) is 2.21. The summed E-state index contributed by atoms with van der Waals surface area (Å²) in [6, 6.07) is 2.85. The molecule has 0 aliphatic rings. The number of hydrogen-bond acceptors (Lipinski definition) is 3. The number of carbonyl (C=O) groups excluding carboxylic acids is 1. The molecular weight excluding hydrogens is 237 g/mol. The van der Waals surface area contributed by atoms with Gasteiger partial charge >= 0.3 is 12.1 Å². The van der Waals surface area contributed by atoms with Crippen LogP contribution < -0.4 is 5.32 Å². The van der Waals surface area contributed by atoms with Crippen molar-refractivity contribution < 1.29 is 22.4 Å². The molecule has 0 aliphatic carbocycles. The Bertz CT molecular complexity index is 360. The second-order valence-corrected chi connectivity index (χ2v) is 3.70. The minimum absolute atomic E-state index is 0.168. The Morgan fingerprint density at radius 1 is 1.53 bits per heavy atom. The van der Waals surface area contributed by atoms with E-state index in [9.17, 15) is 18.0 Å². The van der Waals surface area contributed by atoms with Crippen LogP contribution in [0.5, 0.6) is 0 Å². The average Bonchev–Trinajstić information content (AvgIpc) is 2.69. The van der Waals surface area contributed by atoms with Crippen molar-refractivity contribution in [2.45, 2.75) is 12.2 Å². The van der Waals surface area contributed by atoms with E-state index in [2.05, 4.69) is 0 Å². The van der Waals surface area contributed by atoms with Crippen LogP contribution in [0.25, 0.3) is 0 Å². The van der Waals surface area contributed by atoms with Crippen LogP contribution in [0.2, 0.25) is 0 Å². The van der Waals surface area contributed by atoms with Gasteiger partial charge in [-0.1, -0.05) is 0 Å². The van der Waals surface area contributed by atoms with E-state index in [1.54, 1.807) is 31.1 Å². The summed E-state index contributed by atoms with van der Waals surface area (Å²) in [7, 11) is 3.37. The Kier molecular flexibility index (Phi) is 4.17. The molecule has 1 aromatic rings. The lowest BCUT2D eigenvalue weighted by atomic mass is 10.2. The van der Waals surface area contributed by atoms with E-state index in [1.807, 2.05) is 5.32 Å². The molecule has 1 heterocycles. The van der Waals surface area contributed by atoms with Crippen molar-refractivity contribution in [1.82, 2.24) is 10.2 Å². The van der Waals surface area contributed by atoms with Gasteiger partial charge in [0, 0.05) is 6.54 Å². The third kappa shape index (κ3) is 3.77. The van der Waals surface area contributed by atoms with Gasteiger partial charge in [-0.3, -0.25) is 9.69 Å². The summed E-state index contributed by atoms with van der Waals surface area (Å²) < 4.78 is 41.1. The van der Waals surface area contributed by atoms with Crippen LogP contribution in [0.3, 0.4) is 0 Å². The van der Waals surface area contributed by atoms with Gasteiger partial charge in [-0.05, 0) is 26.2 Å². The van der Waals surface area contributed by atoms with Crippen LogP contribution in [-0.4, -0.2) is 37.6 Å². The lowest BCUT2D eigenvalue weighted by molar-refractivity contribution is -0.173. The van der Waals surface area contributed by atoms with E-state index in [0.29, 0.717) is 5.76 Å². The molecule has 0 aliphatic heterocycles. The molecule has 1 aromatic heterocycles. The molecule has 1 N–H and O–H groups in total. The highest BCUT2D eigenvalue weighted by molar-refractivity contribution is 5.81. The highest BCUT2D eigenvalue weighted by atomic mass is 19.4. The number of nitrogens with one attached hydrogen (secondary N) is 1. The van der Waals surface area contributed by atoms with Crippen LogP contribution in [0.15, 0.2) is 22.8 Å². The maximum absolute atomic E-state index is 12.0. The van der Waals surface area contributed by atoms with Gasteiger partial charge in [0.25, 0.3) is 0 Å². The van der Waals surface area contributed by atoms with E-state index in [-0.39, 0.29) is 6.54 Å². The molecule has 1 amide bonds. The van der Waals surface area contributed by atoms with Crippen molar-refractivity contribution in [3.63, 3.8) is 0 Å². The molecule has 1 unspecified atom stereocenters. The predicted molar refractivity (Wildman–Crippen MR) is 54.2 cm³/mol. The van der Waals surface area contributed by atoms with Crippen molar-refractivity contribution in [3.05, 3.63) is 24.2 Å². The summed E-state index contributed by atoms with van der Waals surface area (Å²) in [6.45, 7) is -0.168. The molecule has 0 saturated carbocycles. The van der Waals surface area contributed by atoms with E-state index in [1.165, 1.54) is 6.26 Å². The standard InChI is InChI=1S/C10H13F3N2O2/c1-15(2)7(8-4-3-5-17-8)6-14-9(16)10(11,12)13/h3-5,7H,6H2,1-2H3,(H,14,16). The molecule has 0 fully saturated rings. The summed E-state index contributed by atoms with van der Waals surface area (Å²) in [5.41, 5.74) is 0. The first-order chi connectivity index (χ1) is 7.82. The highest BCUT2D eigenvalue weighted by Crippen LogP contribution is 2.19. The first-order valence-electron chi connectivity index (χ1n) is 4.87. The van der Waals surface area contributed by atoms with Crippen molar-refractivity contribution in [3.8, 4) is 0 Å². The lowest BCUT2D eigenvalue weighted by Crippen LogP contribution is -2.41. The number of rotatable bonds is 4. The van der Waals surface area contributed by atoms with Crippen LogP contribution in [-0.2, 0) is 4.79 Å². The Morgan fingerprint density at radius 3 is 2.59 bits per heavy atom. The van der Waals surface area contributed by atoms with E-state index in [0.717, 1.165) is 0 Å². The number of carbonyl (C=O) groups is 1. The second-order valence-electron chi connectivity index (χ2n) is 3.70. The molecule has 4 nitrogen and oxygen atoms in total. The number of furan rings is 1. The minimum Gasteiger partial charge on any atom is -0.468 e. The van der Waals surface area contributed by atoms with Crippen molar-refractivity contribution >= 4 is 5.91 Å². The van der Waals surface area contributed by atoms with E-state index in [4.69, 9.17) is 4.42 Å². The largest absolute Gasteiger partial charge is 0.471 e. The van der Waals surface area contributed by atoms with Crippen LogP contribution in [0, 0.1) is 0 Å². The quantitative estimate of drug-likeness (QED) is 0.882. The zero-order chi connectivity index (χ0) is 13.1. The molecule has 0 saturated heterocycles. The van der Waals surface area contributed by atoms with Crippen LogP contribution in [0.4, 0.5) is 13.2 Å². The maximum Gasteiger partial charge on any atom is 0.471 e. The Hall–Kier alpha value is -1.50. The fraction of sp³-hybridized carbons (Fsp3) is 0.500. The van der Waals surface area contributed by atoms with E-state index >= 15 is 0 Å². The maximum atomic E-state index is 12.0. The minimum atomic E-state index is -4.86. The first-order valence-corrected chi connectivity index (χ1v) is 4.87. The monoisotopic (exact) mass is 250 g/mol. The molecule has 96 valence electrons. The van der Waals surface area contributed by atoms with E-state index < -0.39 is 18.1 Å². The van der Waals surface area contributed by atoms with Gasteiger partial charge in [-0.15, -0.1) is 0 Å². The zero-order valence-corrected chi connectivity index (χ0v) is 9.41. The SMILES string of the molecule is CN(C)C(CNC(=O)C(F)(F)F)c1ccco1. The fourth-order valence-corrected chi connectivity index (χ4v) is 1.31. The summed E-state index contributed by atoms with van der Waals surface area (Å²) in [5, 5.41) is 1.83. The fourth-order valence-electron chi connectivity index (χ4n) is 1.31. The number of hydrogen-bond donors (Lipinski definition) is 1. The number of nitrogens with zero attached hydrogens (tertiary/aromatic N) is 1. The molecule has 1 rings (SSSR count). The first kappa shape index (κ1) is 13.6. The Balaban J connectivity index is 2.61. The smallest absolute Gasteiger partial charge is 0.468 e. The Morgan fingerprint density at radius 2 is 2.18 bits per heavy atom. The molecule has 0 bridgehead atoms. The predicted octanol–water partition coefficient (Wildman–Crippen LogP) is 1.56. The highest BCUT2D eigenvalue weighted by Gasteiger charge is 2.38. The summed E-state index contributed by atoms with van der Waals surface area (Å²) in [4.78, 5) is 12.3. The van der Waals surface area contributed by atoms with Gasteiger partial charge in [-0.2, -0.15) is 13.2 Å². The second kappa shape index (κ2) is 5.22. The molecular formula is C10H13F3N2O2. The molecule has 7 heteroatoms. The van der Waals surface area contributed by atoms with Crippen molar-refractivity contribution in [2.75, 3.05) is 20.6 Å². The molecule has 0 aromatic carbocycles. The van der Waals surface area contributed by atoms with Gasteiger partial charge in [0.15, 0.2) is 0 Å². The number of amides is 1. The van der Waals surface area contributed by atoms with Crippen LogP contribution >= 0.6 is 0 Å². The normalized spacial score (nSPS) is 13.8. The summed E-state index contributed by atoms with van der Waals surface area (Å²) in [5.74, 6) is -1.45. The molecule has 17 heavy (non-hydrogen) atoms. The topological polar surface area (TPSA) is 45.5 Å². The number of halogens is 3. The average molecular weight is 250 g/mol. The molecule has 0 spiro atoms. The molecule has 0 radical (unpaired) electrons. The molecule has 1 atom stereocenters. The van der Waals surface area contributed by atoms with Gasteiger partial charge in [0.2, 0.25) is 0 Å².